The summed E-state index contributed by atoms with van der Waals surface area (Å²) in [4.78, 5) is 11.5. The number of aromatic nitrogens is 6. The highest BCUT2D eigenvalue weighted by atomic mass is 16.7. The van der Waals surface area contributed by atoms with E-state index >= 15 is 0 Å². The van der Waals surface area contributed by atoms with Gasteiger partial charge in [-0.25, -0.2) is 9.26 Å². The van der Waals surface area contributed by atoms with E-state index in [-0.39, 0.29) is 39.0 Å². The molecule has 0 radical (unpaired) electrons. The first-order valence-corrected chi connectivity index (χ1v) is 4.49. The van der Waals surface area contributed by atoms with Gasteiger partial charge in [-0.2, -0.15) is 0 Å². The highest BCUT2D eigenvalue weighted by molar-refractivity contribution is 5.79. The highest BCUT2D eigenvalue weighted by Gasteiger charge is 2.32. The Morgan fingerprint density at radius 3 is 2.17 bits per heavy atom. The van der Waals surface area contributed by atoms with Crippen LogP contribution in [0.3, 0.4) is 0 Å². The monoisotopic (exact) mass is 253 g/mol. The second-order valence-electron chi connectivity index (χ2n) is 3.17. The molecule has 0 atom stereocenters. The molecule has 92 valence electrons. The molecule has 3 rings (SSSR count). The van der Waals surface area contributed by atoms with Crippen molar-refractivity contribution in [2.75, 3.05) is 11.5 Å². The Bertz CT molecular complexity index is 750. The maximum absolute atomic E-state index is 11.5. The quantitative estimate of drug-likeness (QED) is 0.500. The number of nitrogens with zero attached hydrogens (tertiary/aromatic N) is 5. The number of nitrogen functional groups attached to an aromatic ring is 2. The van der Waals surface area contributed by atoms with Crippen LogP contribution in [-0.4, -0.2) is 25.8 Å². The van der Waals surface area contributed by atoms with Crippen molar-refractivity contribution in [3.05, 3.63) is 4.91 Å². The summed E-state index contributed by atoms with van der Waals surface area (Å²) in [5.41, 5.74) is 11.0. The molecule has 3 heterocycles. The molecule has 3 aromatic rings. The van der Waals surface area contributed by atoms with Gasteiger partial charge in [0.25, 0.3) is 5.69 Å². The number of hydrogen-bond acceptors (Lipinski definition) is 10. The molecule has 0 saturated heterocycles. The zero-order valence-electron chi connectivity index (χ0n) is 8.52. The molecule has 0 aliphatic carbocycles. The first-order chi connectivity index (χ1) is 8.68. The first-order valence-electron chi connectivity index (χ1n) is 4.49. The summed E-state index contributed by atoms with van der Waals surface area (Å²) in [5, 5.41) is 16.0. The van der Waals surface area contributed by atoms with E-state index in [0.29, 0.717) is 0 Å². The van der Waals surface area contributed by atoms with E-state index in [9.17, 15) is 4.91 Å². The third-order valence-electron chi connectivity index (χ3n) is 2.14. The number of nitrogens with two attached hydrogens (primary N) is 2. The zero-order chi connectivity index (χ0) is 12.7. The Morgan fingerprint density at radius 1 is 1.00 bits per heavy atom. The molecule has 0 unspecified atom stereocenters. The third-order valence-corrected chi connectivity index (χ3v) is 2.14. The van der Waals surface area contributed by atoms with Crippen LogP contribution in [0, 0.1) is 4.91 Å². The predicted molar refractivity (Wildman–Crippen MR) is 51.8 cm³/mol. The molecule has 5 N–H and O–H groups in total. The molecule has 12 nitrogen and oxygen atoms in total. The molecule has 0 bridgehead atoms. The molecule has 0 aromatic carbocycles. The van der Waals surface area contributed by atoms with Gasteiger partial charge in [-0.15, -0.1) is 0 Å². The van der Waals surface area contributed by atoms with E-state index in [1.807, 2.05) is 0 Å². The van der Waals surface area contributed by atoms with Crippen LogP contribution in [0.5, 0.6) is 0 Å². The minimum Gasteiger partial charge on any atom is -0.379 e. The Hall–Kier alpha value is -3.18. The molecule has 0 spiro atoms. The third kappa shape index (κ3) is 1.25. The maximum atomic E-state index is 11.5. The van der Waals surface area contributed by atoms with Crippen molar-refractivity contribution in [1.29, 1.82) is 0 Å². The normalized spacial score (nSPS) is 10.9. The fourth-order valence-electron chi connectivity index (χ4n) is 1.37. The van der Waals surface area contributed by atoms with Crippen LogP contribution in [0.25, 0.3) is 22.8 Å². The van der Waals surface area contributed by atoms with E-state index in [4.69, 9.17) is 11.5 Å². The summed E-state index contributed by atoms with van der Waals surface area (Å²) in [6.07, 6.45) is 0. The SMILES string of the molecule is Nc1nonc1-c1[nH]o[n+](=O)c1-c1nonc1N. The van der Waals surface area contributed by atoms with Crippen LogP contribution in [0.4, 0.5) is 11.6 Å². The Balaban J connectivity index is 2.29. The lowest BCUT2D eigenvalue weighted by molar-refractivity contribution is -0.704. The fourth-order valence-corrected chi connectivity index (χ4v) is 1.37. The van der Waals surface area contributed by atoms with E-state index in [2.05, 4.69) is 39.7 Å². The molecule has 12 heteroatoms. The lowest BCUT2D eigenvalue weighted by atomic mass is 10.2. The van der Waals surface area contributed by atoms with Gasteiger partial charge in [0, 0.05) is 0 Å². The Labute approximate surface area is 96.0 Å². The van der Waals surface area contributed by atoms with Crippen LogP contribution in [0.2, 0.25) is 0 Å². The first kappa shape index (κ1) is 10.0. The fraction of sp³-hybridized carbons (Fsp3) is 0. The van der Waals surface area contributed by atoms with Crippen LogP contribution in [0.15, 0.2) is 13.9 Å². The maximum Gasteiger partial charge on any atom is 0.307 e. The van der Waals surface area contributed by atoms with Gasteiger partial charge in [0.15, 0.2) is 4.60 Å². The second kappa shape index (κ2) is 3.41. The minimum absolute atomic E-state index is 0.0209. The van der Waals surface area contributed by atoms with Crippen molar-refractivity contribution in [2.45, 2.75) is 0 Å². The lowest BCUT2D eigenvalue weighted by Crippen LogP contribution is -2.13. The predicted octanol–water partition coefficient (Wildman–Crippen LogP) is -1.21. The summed E-state index contributed by atoms with van der Waals surface area (Å²) in [6, 6.07) is 0. The number of H-pyrrole nitrogens is 1. The number of aromatic amines is 1. The van der Waals surface area contributed by atoms with E-state index in [1.165, 1.54) is 0 Å². The van der Waals surface area contributed by atoms with Crippen LogP contribution in [0.1, 0.15) is 0 Å². The second-order valence-corrected chi connectivity index (χ2v) is 3.17. The largest absolute Gasteiger partial charge is 0.379 e. The van der Waals surface area contributed by atoms with Crippen molar-refractivity contribution in [3.63, 3.8) is 0 Å². The molecule has 18 heavy (non-hydrogen) atoms. The average Bonchev–Trinajstić information content (AvgIpc) is 3.00. The van der Waals surface area contributed by atoms with Crippen molar-refractivity contribution in [2.24, 2.45) is 0 Å². The van der Waals surface area contributed by atoms with Crippen LogP contribution in [-0.2, 0) is 0 Å². The lowest BCUT2D eigenvalue weighted by Gasteiger charge is -1.86. The molecule has 3 aromatic heterocycles. The Kier molecular flexibility index (Phi) is 1.89. The molecular weight excluding hydrogens is 248 g/mol. The van der Waals surface area contributed by atoms with E-state index in [0.717, 1.165) is 0 Å². The zero-order valence-corrected chi connectivity index (χ0v) is 8.52. The van der Waals surface area contributed by atoms with Gasteiger partial charge in [-0.3, -0.25) is 0 Å². The van der Waals surface area contributed by atoms with Gasteiger partial charge < -0.3 is 11.5 Å². The molecule has 0 aliphatic heterocycles. The average molecular weight is 253 g/mol. The van der Waals surface area contributed by atoms with Crippen LogP contribution >= 0.6 is 0 Å². The van der Waals surface area contributed by atoms with Gasteiger partial charge in [-0.05, 0) is 25.5 Å². The van der Waals surface area contributed by atoms with Gasteiger partial charge >= 0.3 is 5.69 Å². The smallest absolute Gasteiger partial charge is 0.307 e. The summed E-state index contributed by atoms with van der Waals surface area (Å²) in [5.74, 6) is -0.130. The molecule has 0 amide bonds. The topological polar surface area (TPSA) is 182 Å². The molecule has 0 aliphatic rings. The van der Waals surface area contributed by atoms with E-state index < -0.39 is 0 Å². The number of rotatable bonds is 2. The highest BCUT2D eigenvalue weighted by Crippen LogP contribution is 2.29. The number of nitrogens with one attached hydrogen (secondary N) is 1. The van der Waals surface area contributed by atoms with Crippen molar-refractivity contribution in [3.8, 4) is 22.8 Å². The van der Waals surface area contributed by atoms with E-state index in [1.54, 1.807) is 0 Å². The van der Waals surface area contributed by atoms with Crippen molar-refractivity contribution < 1.29 is 18.5 Å². The summed E-state index contributed by atoms with van der Waals surface area (Å²) in [6.45, 7) is 0. The van der Waals surface area contributed by atoms with Gasteiger partial charge in [0.1, 0.15) is 0 Å². The van der Waals surface area contributed by atoms with Crippen molar-refractivity contribution in [1.82, 2.24) is 25.8 Å². The molecule has 0 fully saturated rings. The van der Waals surface area contributed by atoms with Crippen LogP contribution < -0.4 is 16.1 Å². The summed E-state index contributed by atoms with van der Waals surface area (Å²) >= 11 is 0. The standard InChI is InChI=1S/C6H5N8O4/c7-5-2(9-16-12-5)1-4(14(15)18-11-1)3-6(8)13-17-10-3/h11H,(H2,7,12)(H2,8,13)/q+1. The molecule has 0 saturated carbocycles. The molecular formula is C6H5N8O4+. The minimum atomic E-state index is -0.101. The summed E-state index contributed by atoms with van der Waals surface area (Å²) in [7, 11) is 0. The van der Waals surface area contributed by atoms with Crippen molar-refractivity contribution >= 4 is 11.6 Å². The van der Waals surface area contributed by atoms with Gasteiger partial charge in [0.2, 0.25) is 23.0 Å². The summed E-state index contributed by atoms with van der Waals surface area (Å²) < 4.78 is 13.5. The van der Waals surface area contributed by atoms with Gasteiger partial charge in [-0.1, -0.05) is 9.79 Å². The number of hydrogen-bond donors (Lipinski definition) is 3. The van der Waals surface area contributed by atoms with Gasteiger partial charge in [0.05, 0.1) is 0 Å². The number of anilines is 2. The Morgan fingerprint density at radius 2 is 1.61 bits per heavy atom.